The molecule has 0 saturated carbocycles. The number of ether oxygens (including phenoxy) is 1. The van der Waals surface area contributed by atoms with E-state index in [2.05, 4.69) is 5.32 Å². The maximum Gasteiger partial charge on any atom is 0.408 e. The smallest absolute Gasteiger partial charge is 0.408 e. The van der Waals surface area contributed by atoms with Crippen molar-refractivity contribution in [2.24, 2.45) is 0 Å². The number of nitrogens with one attached hydrogen (secondary N) is 1. The highest BCUT2D eigenvalue weighted by Gasteiger charge is 2.26. The molecule has 4 nitrogen and oxygen atoms in total. The number of carbonyl (C=O) groups excluding carboxylic acids is 1. The lowest BCUT2D eigenvalue weighted by Gasteiger charge is -2.29. The van der Waals surface area contributed by atoms with Gasteiger partial charge in [-0.3, -0.25) is 0 Å². The fourth-order valence-corrected chi connectivity index (χ4v) is 1.56. The van der Waals surface area contributed by atoms with Gasteiger partial charge in [0.15, 0.2) is 0 Å². The lowest BCUT2D eigenvalue weighted by molar-refractivity contribution is 0.0470. The molecule has 18 heavy (non-hydrogen) atoms. The van der Waals surface area contributed by atoms with Crippen molar-refractivity contribution >= 4 is 11.8 Å². The molecule has 0 saturated heterocycles. The Bertz CT molecular complexity index is 434. The predicted molar refractivity (Wildman–Crippen MR) is 73.3 cm³/mol. The summed E-state index contributed by atoms with van der Waals surface area (Å²) in [5, 5.41) is 2.84. The summed E-state index contributed by atoms with van der Waals surface area (Å²) in [7, 11) is 0. The van der Waals surface area contributed by atoms with Gasteiger partial charge in [0, 0.05) is 5.69 Å². The molecule has 1 rings (SSSR count). The molecule has 0 aliphatic heterocycles. The number of benzene rings is 1. The van der Waals surface area contributed by atoms with E-state index in [0.717, 1.165) is 5.56 Å². The van der Waals surface area contributed by atoms with Gasteiger partial charge in [-0.2, -0.15) is 0 Å². The Morgan fingerprint density at radius 1 is 1.22 bits per heavy atom. The van der Waals surface area contributed by atoms with E-state index in [1.54, 1.807) is 0 Å². The third-order valence-corrected chi connectivity index (χ3v) is 2.42. The molecular weight excluding hydrogens is 228 g/mol. The second-order valence-electron chi connectivity index (χ2n) is 5.88. The van der Waals surface area contributed by atoms with E-state index in [1.165, 1.54) is 0 Å². The van der Waals surface area contributed by atoms with Gasteiger partial charge in [-0.15, -0.1) is 0 Å². The van der Waals surface area contributed by atoms with E-state index in [-0.39, 0.29) is 0 Å². The molecule has 0 aliphatic rings. The van der Waals surface area contributed by atoms with Crippen LogP contribution in [0.3, 0.4) is 0 Å². The van der Waals surface area contributed by atoms with Crippen LogP contribution in [0.1, 0.15) is 40.2 Å². The van der Waals surface area contributed by atoms with Crippen LogP contribution in [0.4, 0.5) is 10.5 Å². The minimum absolute atomic E-state index is 0.435. The summed E-state index contributed by atoms with van der Waals surface area (Å²) < 4.78 is 5.24. The Morgan fingerprint density at radius 2 is 1.83 bits per heavy atom. The van der Waals surface area contributed by atoms with Gasteiger partial charge in [0.1, 0.15) is 5.60 Å². The highest BCUT2D eigenvalue weighted by molar-refractivity contribution is 5.69. The van der Waals surface area contributed by atoms with Gasteiger partial charge in [-0.1, -0.05) is 12.1 Å². The largest absolute Gasteiger partial charge is 0.444 e. The first-order valence-electron chi connectivity index (χ1n) is 5.97. The standard InChI is InChI=1S/C14H22N2O2/c1-13(2,3)18-12(17)16-14(4,5)10-7-6-8-11(15)9-10/h6-9H,15H2,1-5H3,(H,16,17). The molecule has 0 bridgehead atoms. The van der Waals surface area contributed by atoms with Crippen LogP contribution in [-0.2, 0) is 10.3 Å². The molecule has 1 aromatic carbocycles. The molecule has 0 heterocycles. The maximum absolute atomic E-state index is 11.8. The summed E-state index contributed by atoms with van der Waals surface area (Å²) in [6, 6.07) is 7.45. The Kier molecular flexibility index (Phi) is 3.89. The van der Waals surface area contributed by atoms with E-state index >= 15 is 0 Å². The molecule has 0 radical (unpaired) electrons. The second-order valence-corrected chi connectivity index (χ2v) is 5.88. The van der Waals surface area contributed by atoms with Crippen LogP contribution in [0.2, 0.25) is 0 Å². The third-order valence-electron chi connectivity index (χ3n) is 2.42. The number of nitrogens with two attached hydrogens (primary N) is 1. The second kappa shape index (κ2) is 4.88. The molecule has 0 unspecified atom stereocenters. The van der Waals surface area contributed by atoms with Crippen molar-refractivity contribution in [3.63, 3.8) is 0 Å². The zero-order chi connectivity index (χ0) is 14.0. The number of carbonyl (C=O) groups is 1. The van der Waals surface area contributed by atoms with Gasteiger partial charge < -0.3 is 15.8 Å². The Hall–Kier alpha value is -1.71. The highest BCUT2D eigenvalue weighted by atomic mass is 16.6. The van der Waals surface area contributed by atoms with Crippen LogP contribution in [0, 0.1) is 0 Å². The van der Waals surface area contributed by atoms with Gasteiger partial charge in [0.25, 0.3) is 0 Å². The fraction of sp³-hybridized carbons (Fsp3) is 0.500. The predicted octanol–water partition coefficient (Wildman–Crippen LogP) is 3.03. The van der Waals surface area contributed by atoms with E-state index < -0.39 is 17.2 Å². The lowest BCUT2D eigenvalue weighted by atomic mass is 9.94. The minimum atomic E-state index is -0.530. The van der Waals surface area contributed by atoms with E-state index in [1.807, 2.05) is 58.9 Å². The molecule has 1 amide bonds. The number of nitrogen functional groups attached to an aromatic ring is 1. The Morgan fingerprint density at radius 3 is 2.33 bits per heavy atom. The van der Waals surface area contributed by atoms with Crippen molar-refractivity contribution in [2.45, 2.75) is 45.8 Å². The number of anilines is 1. The van der Waals surface area contributed by atoms with Gasteiger partial charge in [-0.05, 0) is 52.3 Å². The summed E-state index contributed by atoms with van der Waals surface area (Å²) in [4.78, 5) is 11.8. The monoisotopic (exact) mass is 250 g/mol. The average Bonchev–Trinajstić information content (AvgIpc) is 2.13. The maximum atomic E-state index is 11.8. The number of hydrogen-bond donors (Lipinski definition) is 2. The van der Waals surface area contributed by atoms with Crippen molar-refractivity contribution in [3.8, 4) is 0 Å². The molecule has 0 fully saturated rings. The first-order valence-corrected chi connectivity index (χ1v) is 5.97. The fourth-order valence-electron chi connectivity index (χ4n) is 1.56. The molecule has 4 heteroatoms. The van der Waals surface area contributed by atoms with E-state index in [0.29, 0.717) is 5.69 Å². The van der Waals surface area contributed by atoms with Crippen molar-refractivity contribution in [1.29, 1.82) is 0 Å². The molecule has 100 valence electrons. The van der Waals surface area contributed by atoms with Crippen molar-refractivity contribution < 1.29 is 9.53 Å². The number of amides is 1. The van der Waals surface area contributed by atoms with Gasteiger partial charge in [-0.25, -0.2) is 4.79 Å². The zero-order valence-electron chi connectivity index (χ0n) is 11.7. The Balaban J connectivity index is 2.79. The number of alkyl carbamates (subject to hydrolysis) is 1. The van der Waals surface area contributed by atoms with Crippen LogP contribution >= 0.6 is 0 Å². The normalized spacial score (nSPS) is 12.1. The van der Waals surface area contributed by atoms with Crippen molar-refractivity contribution in [1.82, 2.24) is 5.32 Å². The highest BCUT2D eigenvalue weighted by Crippen LogP contribution is 2.22. The quantitative estimate of drug-likeness (QED) is 0.793. The van der Waals surface area contributed by atoms with E-state index in [4.69, 9.17) is 10.5 Å². The van der Waals surface area contributed by atoms with Crippen molar-refractivity contribution in [2.75, 3.05) is 5.73 Å². The van der Waals surface area contributed by atoms with Crippen LogP contribution < -0.4 is 11.1 Å². The summed E-state index contributed by atoms with van der Waals surface area (Å²) >= 11 is 0. The summed E-state index contributed by atoms with van der Waals surface area (Å²) in [5.74, 6) is 0. The van der Waals surface area contributed by atoms with Crippen LogP contribution in [-0.4, -0.2) is 11.7 Å². The van der Waals surface area contributed by atoms with Gasteiger partial charge in [0.05, 0.1) is 5.54 Å². The molecule has 0 atom stereocenters. The first kappa shape index (κ1) is 14.4. The molecule has 0 aliphatic carbocycles. The first-order chi connectivity index (χ1) is 8.10. The molecular formula is C14H22N2O2. The minimum Gasteiger partial charge on any atom is -0.444 e. The van der Waals surface area contributed by atoms with Crippen LogP contribution in [0.15, 0.2) is 24.3 Å². The topological polar surface area (TPSA) is 64.3 Å². The van der Waals surface area contributed by atoms with Crippen molar-refractivity contribution in [3.05, 3.63) is 29.8 Å². The van der Waals surface area contributed by atoms with Crippen LogP contribution in [0.5, 0.6) is 0 Å². The molecule has 0 aromatic heterocycles. The average molecular weight is 250 g/mol. The Labute approximate surface area is 109 Å². The molecule has 1 aromatic rings. The van der Waals surface area contributed by atoms with Crippen LogP contribution in [0.25, 0.3) is 0 Å². The third kappa shape index (κ3) is 4.28. The lowest BCUT2D eigenvalue weighted by Crippen LogP contribution is -2.43. The van der Waals surface area contributed by atoms with Gasteiger partial charge in [0.2, 0.25) is 0 Å². The summed E-state index contributed by atoms with van der Waals surface area (Å²) in [6.07, 6.45) is -0.435. The number of hydrogen-bond acceptors (Lipinski definition) is 3. The number of rotatable bonds is 2. The summed E-state index contributed by atoms with van der Waals surface area (Å²) in [5.41, 5.74) is 6.32. The SMILES string of the molecule is CC(C)(C)OC(=O)NC(C)(C)c1cccc(N)c1. The molecule has 3 N–H and O–H groups in total. The van der Waals surface area contributed by atoms with E-state index in [9.17, 15) is 4.79 Å². The van der Waals surface area contributed by atoms with Gasteiger partial charge >= 0.3 is 6.09 Å². The molecule has 0 spiro atoms. The summed E-state index contributed by atoms with van der Waals surface area (Å²) in [6.45, 7) is 9.32. The zero-order valence-corrected chi connectivity index (χ0v) is 11.7.